The van der Waals surface area contributed by atoms with Gasteiger partial charge >= 0.3 is 0 Å². The monoisotopic (exact) mass is 413 g/mol. The molecule has 1 aliphatic rings. The van der Waals surface area contributed by atoms with Gasteiger partial charge in [-0.25, -0.2) is 4.98 Å². The number of benzene rings is 3. The third-order valence-electron chi connectivity index (χ3n) is 5.21. The van der Waals surface area contributed by atoms with E-state index < -0.39 is 0 Å². The minimum atomic E-state index is -0.218. The number of carbonyl (C=O) groups excluding carboxylic acids is 2. The van der Waals surface area contributed by atoms with E-state index in [2.05, 4.69) is 10.3 Å². The Kier molecular flexibility index (Phi) is 4.77. The first-order valence-corrected chi connectivity index (χ1v) is 10.6. The molecule has 148 valence electrons. The molecule has 5 rings (SSSR count). The van der Waals surface area contributed by atoms with Gasteiger partial charge in [0.2, 0.25) is 5.91 Å². The molecule has 5 nitrogen and oxygen atoms in total. The number of aryl methyl sites for hydroxylation is 1. The zero-order valence-corrected chi connectivity index (χ0v) is 17.0. The second kappa shape index (κ2) is 7.72. The summed E-state index contributed by atoms with van der Waals surface area (Å²) < 4.78 is 0.989. The highest BCUT2D eigenvalue weighted by atomic mass is 32.1. The second-order valence-electron chi connectivity index (χ2n) is 7.25. The van der Waals surface area contributed by atoms with E-state index in [1.807, 2.05) is 77.7 Å². The van der Waals surface area contributed by atoms with Crippen LogP contribution in [-0.2, 0) is 17.8 Å². The Morgan fingerprint density at radius 1 is 1.00 bits per heavy atom. The molecule has 0 saturated heterocycles. The fraction of sp³-hybridized carbons (Fsp3) is 0.125. The number of nitrogens with zero attached hydrogens (tertiary/aromatic N) is 2. The number of thiazole rings is 1. The van der Waals surface area contributed by atoms with E-state index in [4.69, 9.17) is 0 Å². The Labute approximate surface area is 178 Å². The van der Waals surface area contributed by atoms with Crippen LogP contribution in [0.1, 0.15) is 27.3 Å². The zero-order valence-electron chi connectivity index (χ0n) is 16.2. The molecule has 2 amide bonds. The SMILES string of the molecule is O=C(Nc1ccc2c(c1)CCC(=O)N2Cc1ccccc1)c1nc2ccccc2s1. The molecule has 0 fully saturated rings. The van der Waals surface area contributed by atoms with Crippen LogP contribution in [0.3, 0.4) is 0 Å². The third kappa shape index (κ3) is 3.57. The summed E-state index contributed by atoms with van der Waals surface area (Å²) in [7, 11) is 0. The Hall–Kier alpha value is -3.51. The largest absolute Gasteiger partial charge is 0.320 e. The number of para-hydroxylation sites is 1. The van der Waals surface area contributed by atoms with Crippen LogP contribution in [0.2, 0.25) is 0 Å². The van der Waals surface area contributed by atoms with Crippen molar-refractivity contribution in [1.82, 2.24) is 4.98 Å². The predicted octanol–water partition coefficient (Wildman–Crippen LogP) is 5.03. The number of amides is 2. The van der Waals surface area contributed by atoms with Crippen LogP contribution in [0.25, 0.3) is 10.2 Å². The van der Waals surface area contributed by atoms with Gasteiger partial charge in [-0.2, -0.15) is 0 Å². The molecule has 30 heavy (non-hydrogen) atoms. The average Bonchev–Trinajstić information content (AvgIpc) is 3.21. The predicted molar refractivity (Wildman–Crippen MR) is 120 cm³/mol. The average molecular weight is 414 g/mol. The lowest BCUT2D eigenvalue weighted by molar-refractivity contribution is -0.119. The van der Waals surface area contributed by atoms with Crippen molar-refractivity contribution in [2.45, 2.75) is 19.4 Å². The molecular weight excluding hydrogens is 394 g/mol. The number of fused-ring (bicyclic) bond motifs is 2. The van der Waals surface area contributed by atoms with Crippen LogP contribution >= 0.6 is 11.3 Å². The molecule has 0 bridgehead atoms. The van der Waals surface area contributed by atoms with Crippen molar-refractivity contribution in [1.29, 1.82) is 0 Å². The second-order valence-corrected chi connectivity index (χ2v) is 8.28. The number of anilines is 2. The topological polar surface area (TPSA) is 62.3 Å². The maximum absolute atomic E-state index is 12.7. The van der Waals surface area contributed by atoms with Crippen LogP contribution in [0.5, 0.6) is 0 Å². The number of aromatic nitrogens is 1. The van der Waals surface area contributed by atoms with Crippen molar-refractivity contribution in [3.05, 3.63) is 88.9 Å². The molecule has 0 atom stereocenters. The van der Waals surface area contributed by atoms with Gasteiger partial charge in [0.15, 0.2) is 5.01 Å². The van der Waals surface area contributed by atoms with Crippen molar-refractivity contribution in [2.24, 2.45) is 0 Å². The first-order valence-electron chi connectivity index (χ1n) is 9.81. The van der Waals surface area contributed by atoms with Crippen molar-refractivity contribution in [3.8, 4) is 0 Å². The molecule has 3 aromatic carbocycles. The molecule has 0 unspecified atom stereocenters. The highest BCUT2D eigenvalue weighted by Crippen LogP contribution is 2.32. The maximum Gasteiger partial charge on any atom is 0.284 e. The summed E-state index contributed by atoms with van der Waals surface area (Å²) in [5, 5.41) is 3.39. The van der Waals surface area contributed by atoms with E-state index in [-0.39, 0.29) is 11.8 Å². The Morgan fingerprint density at radius 3 is 2.63 bits per heavy atom. The summed E-state index contributed by atoms with van der Waals surface area (Å²) in [5.41, 5.74) is 4.60. The fourth-order valence-corrected chi connectivity index (χ4v) is 4.59. The molecule has 2 heterocycles. The number of carbonyl (C=O) groups is 2. The van der Waals surface area contributed by atoms with Gasteiger partial charge in [0.05, 0.1) is 16.8 Å². The van der Waals surface area contributed by atoms with Crippen molar-refractivity contribution >= 4 is 44.7 Å². The summed E-state index contributed by atoms with van der Waals surface area (Å²) in [6.07, 6.45) is 1.14. The van der Waals surface area contributed by atoms with E-state index in [0.29, 0.717) is 30.1 Å². The number of hydrogen-bond donors (Lipinski definition) is 1. The molecule has 0 radical (unpaired) electrons. The van der Waals surface area contributed by atoms with Gasteiger partial charge in [-0.3, -0.25) is 9.59 Å². The fourth-order valence-electron chi connectivity index (χ4n) is 3.73. The summed E-state index contributed by atoms with van der Waals surface area (Å²) >= 11 is 1.38. The number of hydrogen-bond acceptors (Lipinski definition) is 4. The van der Waals surface area contributed by atoms with Gasteiger partial charge < -0.3 is 10.2 Å². The van der Waals surface area contributed by atoms with Crippen molar-refractivity contribution in [3.63, 3.8) is 0 Å². The minimum Gasteiger partial charge on any atom is -0.320 e. The first-order chi connectivity index (χ1) is 14.7. The lowest BCUT2D eigenvalue weighted by atomic mass is 9.99. The lowest BCUT2D eigenvalue weighted by Gasteiger charge is -2.30. The standard InChI is InChI=1S/C24H19N3O2S/c28-22-13-10-17-14-18(11-12-20(17)27(22)15-16-6-2-1-3-7-16)25-23(29)24-26-19-8-4-5-9-21(19)30-24/h1-9,11-12,14H,10,13,15H2,(H,25,29). The Morgan fingerprint density at radius 2 is 1.80 bits per heavy atom. The summed E-state index contributed by atoms with van der Waals surface area (Å²) in [5.74, 6) is -0.0956. The molecule has 6 heteroatoms. The van der Waals surface area contributed by atoms with Crippen LogP contribution < -0.4 is 10.2 Å². The molecule has 4 aromatic rings. The molecule has 0 aliphatic carbocycles. The van der Waals surface area contributed by atoms with Gasteiger partial charge in [0, 0.05) is 17.8 Å². The van der Waals surface area contributed by atoms with E-state index in [0.717, 1.165) is 27.0 Å². The molecule has 1 aliphatic heterocycles. The van der Waals surface area contributed by atoms with Crippen molar-refractivity contribution < 1.29 is 9.59 Å². The molecule has 1 N–H and O–H groups in total. The van der Waals surface area contributed by atoms with Crippen molar-refractivity contribution in [2.75, 3.05) is 10.2 Å². The smallest absolute Gasteiger partial charge is 0.284 e. The van der Waals surface area contributed by atoms with Crippen LogP contribution in [0, 0.1) is 0 Å². The molecule has 0 spiro atoms. The van der Waals surface area contributed by atoms with Gasteiger partial charge in [-0.15, -0.1) is 11.3 Å². The molecule has 0 saturated carbocycles. The summed E-state index contributed by atoms with van der Waals surface area (Å²) in [4.78, 5) is 31.5. The zero-order chi connectivity index (χ0) is 20.5. The van der Waals surface area contributed by atoms with E-state index in [1.165, 1.54) is 11.3 Å². The van der Waals surface area contributed by atoms with Gasteiger partial charge in [0.25, 0.3) is 5.91 Å². The first kappa shape index (κ1) is 18.5. The third-order valence-corrected chi connectivity index (χ3v) is 6.24. The van der Waals surface area contributed by atoms with E-state index in [1.54, 1.807) is 0 Å². The van der Waals surface area contributed by atoms with Crippen LogP contribution in [0.4, 0.5) is 11.4 Å². The highest BCUT2D eigenvalue weighted by molar-refractivity contribution is 7.20. The number of rotatable bonds is 4. The summed E-state index contributed by atoms with van der Waals surface area (Å²) in [6, 6.07) is 23.4. The Bertz CT molecular complexity index is 1220. The van der Waals surface area contributed by atoms with Crippen LogP contribution in [0.15, 0.2) is 72.8 Å². The lowest BCUT2D eigenvalue weighted by Crippen LogP contribution is -2.34. The Balaban J connectivity index is 1.38. The van der Waals surface area contributed by atoms with Gasteiger partial charge in [0.1, 0.15) is 0 Å². The number of nitrogens with one attached hydrogen (secondary N) is 1. The minimum absolute atomic E-state index is 0.123. The van der Waals surface area contributed by atoms with Gasteiger partial charge in [-0.05, 0) is 47.9 Å². The summed E-state index contributed by atoms with van der Waals surface area (Å²) in [6.45, 7) is 0.546. The van der Waals surface area contributed by atoms with Gasteiger partial charge in [-0.1, -0.05) is 42.5 Å². The maximum atomic E-state index is 12.7. The molecule has 1 aromatic heterocycles. The van der Waals surface area contributed by atoms with Crippen LogP contribution in [-0.4, -0.2) is 16.8 Å². The van der Waals surface area contributed by atoms with E-state index in [9.17, 15) is 9.59 Å². The van der Waals surface area contributed by atoms with E-state index >= 15 is 0 Å². The molecular formula is C24H19N3O2S. The quantitative estimate of drug-likeness (QED) is 0.511. The highest BCUT2D eigenvalue weighted by Gasteiger charge is 2.24. The normalized spacial score (nSPS) is 13.3.